The fraction of sp³-hybridized carbons (Fsp3) is 0.353. The van der Waals surface area contributed by atoms with Gasteiger partial charge in [0.2, 0.25) is 9.37 Å². The Morgan fingerprint density at radius 2 is 2.07 bits per heavy atom. The van der Waals surface area contributed by atoms with E-state index in [1.165, 1.54) is 11.8 Å². The van der Waals surface area contributed by atoms with E-state index in [0.29, 0.717) is 5.09 Å². The number of carbonyl (C=O) groups excluding carboxylic acids is 2. The maximum atomic E-state index is 12.5. The van der Waals surface area contributed by atoms with E-state index in [1.54, 1.807) is 19.0 Å². The maximum Gasteiger partial charge on any atom is 0.365 e. The van der Waals surface area contributed by atoms with E-state index in [9.17, 15) is 9.59 Å². The summed E-state index contributed by atoms with van der Waals surface area (Å²) in [6, 6.07) is 7.48. The van der Waals surface area contributed by atoms with Crippen LogP contribution < -0.4 is 5.01 Å². The second-order valence-corrected chi connectivity index (χ2v) is 9.64. The second-order valence-electron chi connectivity index (χ2n) is 5.59. The van der Waals surface area contributed by atoms with Crippen LogP contribution in [-0.4, -0.2) is 46.2 Å². The van der Waals surface area contributed by atoms with Crippen LogP contribution in [0.2, 0.25) is 0 Å². The van der Waals surface area contributed by atoms with Crippen LogP contribution in [0, 0.1) is 0 Å². The van der Waals surface area contributed by atoms with Gasteiger partial charge in [-0.3, -0.25) is 0 Å². The molecule has 0 aromatic heterocycles. The van der Waals surface area contributed by atoms with E-state index >= 15 is 0 Å². The third-order valence-corrected chi connectivity index (χ3v) is 8.57. The Labute approximate surface area is 172 Å². The Morgan fingerprint density at radius 1 is 1.41 bits per heavy atom. The molecule has 10 heteroatoms. The number of hydrogen-bond acceptors (Lipinski definition) is 8. The molecule has 144 valence electrons. The number of esters is 1. The largest absolute Gasteiger partial charge is 0.489 e. The predicted molar refractivity (Wildman–Crippen MR) is 112 cm³/mol. The number of halogens is 1. The number of ether oxygens (including phenoxy) is 2. The molecule has 1 spiro atoms. The summed E-state index contributed by atoms with van der Waals surface area (Å²) >= 11 is 4.76. The smallest absolute Gasteiger partial charge is 0.365 e. The van der Waals surface area contributed by atoms with Crippen LogP contribution in [0.25, 0.3) is 0 Å². The molecule has 1 aromatic rings. The molecule has 7 nitrogen and oxygen atoms in total. The minimum atomic E-state index is -1.30. The third kappa shape index (κ3) is 3.10. The number of benzene rings is 1. The highest BCUT2D eigenvalue weighted by Gasteiger charge is 2.59. The zero-order valence-corrected chi connectivity index (χ0v) is 18.4. The Hall–Kier alpha value is -1.74. The van der Waals surface area contributed by atoms with Gasteiger partial charge in [-0.1, -0.05) is 15.9 Å². The van der Waals surface area contributed by atoms with E-state index in [0.717, 1.165) is 15.9 Å². The SMILES string of the molecule is CCOC(=O)C1=NN(c2ccc(Br)cc2)C2(SC(OC)=C(C)N2C)S1=C=O. The van der Waals surface area contributed by atoms with Gasteiger partial charge >= 0.3 is 5.97 Å². The number of carbonyl (C=O) groups is 1. The molecule has 2 aliphatic heterocycles. The van der Waals surface area contributed by atoms with Crippen molar-refractivity contribution in [1.82, 2.24) is 4.90 Å². The zero-order valence-electron chi connectivity index (χ0n) is 15.2. The Bertz CT molecular complexity index is 896. The molecule has 3 rings (SSSR count). The molecule has 0 N–H and O–H groups in total. The summed E-state index contributed by atoms with van der Waals surface area (Å²) in [5.41, 5.74) is 1.58. The molecule has 2 heterocycles. The van der Waals surface area contributed by atoms with Crippen LogP contribution in [0.1, 0.15) is 13.8 Å². The first-order valence-corrected chi connectivity index (χ1v) is 10.9. The van der Waals surface area contributed by atoms with Crippen molar-refractivity contribution in [2.45, 2.75) is 18.2 Å². The first-order valence-electron chi connectivity index (χ1n) is 8.02. The average molecular weight is 472 g/mol. The van der Waals surface area contributed by atoms with Crippen LogP contribution >= 0.6 is 38.2 Å². The number of hydrazone groups is 1. The van der Waals surface area contributed by atoms with Crippen molar-refractivity contribution in [3.05, 3.63) is 39.5 Å². The molecule has 0 saturated carbocycles. The summed E-state index contributed by atoms with van der Waals surface area (Å²) < 4.78 is 10.5. The van der Waals surface area contributed by atoms with Crippen LogP contribution in [-0.2, 0) is 19.1 Å². The van der Waals surface area contributed by atoms with Crippen LogP contribution in [0.4, 0.5) is 5.69 Å². The van der Waals surface area contributed by atoms with Crippen LogP contribution in [0.15, 0.2) is 44.6 Å². The molecule has 0 bridgehead atoms. The van der Waals surface area contributed by atoms with E-state index in [1.807, 2.05) is 48.4 Å². The topological polar surface area (TPSA) is 71.4 Å². The number of methoxy groups -OCH3 is 1. The van der Waals surface area contributed by atoms with E-state index in [4.69, 9.17) is 9.47 Å². The number of allylic oxidation sites excluding steroid dienone is 1. The van der Waals surface area contributed by atoms with Crippen molar-refractivity contribution >= 4 is 60.1 Å². The Morgan fingerprint density at radius 3 is 2.59 bits per heavy atom. The van der Waals surface area contributed by atoms with Gasteiger partial charge in [0.05, 0.1) is 25.1 Å². The van der Waals surface area contributed by atoms with Gasteiger partial charge in [-0.2, -0.15) is 5.10 Å². The second kappa shape index (κ2) is 7.71. The average Bonchev–Trinajstić information content (AvgIpc) is 3.12. The molecule has 0 radical (unpaired) electrons. The minimum absolute atomic E-state index is 0.0549. The van der Waals surface area contributed by atoms with Gasteiger partial charge in [0.15, 0.2) is 10.3 Å². The minimum Gasteiger partial charge on any atom is -0.489 e. The summed E-state index contributed by atoms with van der Waals surface area (Å²) in [5, 5.41) is 8.95. The van der Waals surface area contributed by atoms with E-state index in [-0.39, 0.29) is 11.7 Å². The molecule has 2 aliphatic rings. The first kappa shape index (κ1) is 20.0. The van der Waals surface area contributed by atoms with E-state index in [2.05, 4.69) is 21.0 Å². The fourth-order valence-corrected chi connectivity index (χ4v) is 6.62. The lowest BCUT2D eigenvalue weighted by molar-refractivity contribution is -0.134. The summed E-state index contributed by atoms with van der Waals surface area (Å²) in [4.78, 5) is 26.4. The first-order chi connectivity index (χ1) is 12.9. The molecule has 1 aromatic carbocycles. The molecule has 2 unspecified atom stereocenters. The number of nitrogens with zero attached hydrogens (tertiary/aromatic N) is 3. The monoisotopic (exact) mass is 471 g/mol. The quantitative estimate of drug-likeness (QED) is 0.490. The lowest BCUT2D eigenvalue weighted by Gasteiger charge is -2.39. The van der Waals surface area contributed by atoms with Crippen molar-refractivity contribution in [3.8, 4) is 0 Å². The molecule has 0 saturated heterocycles. The summed E-state index contributed by atoms with van der Waals surface area (Å²) in [6.07, 6.45) is 0. The Kier molecular flexibility index (Phi) is 5.71. The highest BCUT2D eigenvalue weighted by molar-refractivity contribution is 9.10. The number of hydrogen-bond donors (Lipinski definition) is 0. The fourth-order valence-electron chi connectivity index (χ4n) is 2.79. The molecule has 0 amide bonds. The van der Waals surface area contributed by atoms with Gasteiger partial charge in [-0.05, 0) is 49.9 Å². The number of anilines is 1. The Balaban J connectivity index is 2.19. The van der Waals surface area contributed by atoms with Gasteiger partial charge < -0.3 is 14.4 Å². The summed E-state index contributed by atoms with van der Waals surface area (Å²) in [6.45, 7) is 3.81. The number of thioether (sulfide) groups is 1. The van der Waals surface area contributed by atoms with Crippen LogP contribution in [0.3, 0.4) is 0 Å². The van der Waals surface area contributed by atoms with Gasteiger partial charge in [-0.25, -0.2) is 14.6 Å². The standard InChI is InChI=1S/C17H18BrN3O4S2/c1-5-25-15(23)14-19-21(13-8-6-12(18)7-9-13)17(27(14)10-22)20(3)11(2)16(24-4)26-17/h6-9H,5H2,1-4H3. The summed E-state index contributed by atoms with van der Waals surface area (Å²) in [5.74, 6) is -0.610. The van der Waals surface area contributed by atoms with Crippen molar-refractivity contribution < 1.29 is 19.1 Å². The lowest BCUT2D eigenvalue weighted by atomic mass is 10.3. The van der Waals surface area contributed by atoms with E-state index < -0.39 is 20.8 Å². The molecular weight excluding hydrogens is 454 g/mol. The van der Waals surface area contributed by atoms with Gasteiger partial charge in [0.25, 0.3) is 0 Å². The van der Waals surface area contributed by atoms with Gasteiger partial charge in [-0.15, -0.1) is 0 Å². The maximum absolute atomic E-state index is 12.5. The van der Waals surface area contributed by atoms with Gasteiger partial charge in [0.1, 0.15) is 0 Å². The third-order valence-electron chi connectivity index (χ3n) is 4.16. The highest BCUT2D eigenvalue weighted by Crippen LogP contribution is 2.60. The van der Waals surface area contributed by atoms with Crippen molar-refractivity contribution in [1.29, 1.82) is 0 Å². The van der Waals surface area contributed by atoms with Crippen molar-refractivity contribution in [2.75, 3.05) is 25.8 Å². The molecule has 0 aliphatic carbocycles. The molecular formula is C17H18BrN3O4S2. The van der Waals surface area contributed by atoms with Crippen molar-refractivity contribution in [2.24, 2.45) is 5.10 Å². The van der Waals surface area contributed by atoms with Crippen molar-refractivity contribution in [3.63, 3.8) is 0 Å². The molecule has 27 heavy (non-hydrogen) atoms. The normalized spacial score (nSPS) is 24.3. The lowest BCUT2D eigenvalue weighted by Crippen LogP contribution is -2.48. The van der Waals surface area contributed by atoms with Crippen LogP contribution in [0.5, 0.6) is 0 Å². The molecule has 2 atom stereocenters. The van der Waals surface area contributed by atoms with Gasteiger partial charge in [0, 0.05) is 22.0 Å². The summed E-state index contributed by atoms with van der Waals surface area (Å²) in [7, 11) is 2.13. The molecule has 0 fully saturated rings. The number of rotatable bonds is 4. The zero-order chi connectivity index (χ0) is 19.8. The highest BCUT2D eigenvalue weighted by atomic mass is 79.9. The predicted octanol–water partition coefficient (Wildman–Crippen LogP) is 3.61.